The largest absolute Gasteiger partial charge is 0.464 e. The number of fused-ring (bicyclic) bond motifs is 7. The van der Waals surface area contributed by atoms with Crippen LogP contribution in [-0.2, 0) is 0 Å². The van der Waals surface area contributed by atoms with Crippen LogP contribution in [0.1, 0.15) is 0 Å². The first kappa shape index (κ1) is 12.9. The molecule has 0 saturated heterocycles. The number of H-pyrrole nitrogens is 1. The highest BCUT2D eigenvalue weighted by Crippen LogP contribution is 2.38. The average molecular weight is 323 g/mol. The van der Waals surface area contributed by atoms with Crippen molar-refractivity contribution < 1.29 is 8.83 Å². The van der Waals surface area contributed by atoms with E-state index in [4.69, 9.17) is 8.83 Å². The number of nitrogens with one attached hydrogen (secondary N) is 1. The zero-order chi connectivity index (χ0) is 16.4. The van der Waals surface area contributed by atoms with Crippen molar-refractivity contribution in [2.24, 2.45) is 0 Å². The third kappa shape index (κ3) is 1.69. The molecule has 0 unspecified atom stereocenters. The van der Waals surface area contributed by atoms with E-state index in [1.807, 2.05) is 24.3 Å². The lowest BCUT2D eigenvalue weighted by atomic mass is 10.1. The molecule has 6 rings (SSSR count). The van der Waals surface area contributed by atoms with Gasteiger partial charge in [0.25, 0.3) is 0 Å². The number of hydrogen-bond donors (Lipinski definition) is 1. The Morgan fingerprint density at radius 1 is 0.720 bits per heavy atom. The van der Waals surface area contributed by atoms with Gasteiger partial charge in [-0.25, -0.2) is 0 Å². The summed E-state index contributed by atoms with van der Waals surface area (Å²) >= 11 is 0. The lowest BCUT2D eigenvalue weighted by Crippen LogP contribution is -1.75. The van der Waals surface area contributed by atoms with Gasteiger partial charge in [-0.1, -0.05) is 30.3 Å². The van der Waals surface area contributed by atoms with E-state index < -0.39 is 0 Å². The SMILES string of the molecule is c1coc(-c2ccc3[nH]c4c5ccc6ccccc6c5oc4c3c2)c1. The zero-order valence-electron chi connectivity index (χ0n) is 13.2. The minimum absolute atomic E-state index is 0.859. The highest BCUT2D eigenvalue weighted by molar-refractivity contribution is 6.20. The lowest BCUT2D eigenvalue weighted by molar-refractivity contribution is 0.582. The number of hydrogen-bond acceptors (Lipinski definition) is 2. The Morgan fingerprint density at radius 3 is 2.60 bits per heavy atom. The average Bonchev–Trinajstić information content (AvgIpc) is 3.37. The van der Waals surface area contributed by atoms with Crippen LogP contribution in [0.25, 0.3) is 55.1 Å². The molecule has 0 amide bonds. The molecule has 118 valence electrons. The Morgan fingerprint density at radius 2 is 1.68 bits per heavy atom. The summed E-state index contributed by atoms with van der Waals surface area (Å²) in [5.41, 5.74) is 4.99. The van der Waals surface area contributed by atoms with Crippen molar-refractivity contribution in [3.63, 3.8) is 0 Å². The van der Waals surface area contributed by atoms with Gasteiger partial charge in [0.1, 0.15) is 11.3 Å². The second-order valence-corrected chi connectivity index (χ2v) is 6.33. The van der Waals surface area contributed by atoms with Crippen LogP contribution < -0.4 is 0 Å². The molecular weight excluding hydrogens is 310 g/mol. The topological polar surface area (TPSA) is 42.1 Å². The highest BCUT2D eigenvalue weighted by Gasteiger charge is 2.16. The maximum absolute atomic E-state index is 6.33. The zero-order valence-corrected chi connectivity index (χ0v) is 13.2. The summed E-state index contributed by atoms with van der Waals surface area (Å²) in [5.74, 6) is 0.859. The van der Waals surface area contributed by atoms with Crippen molar-refractivity contribution in [2.75, 3.05) is 0 Å². The second kappa shape index (κ2) is 4.54. The van der Waals surface area contributed by atoms with Crippen molar-refractivity contribution in [1.82, 2.24) is 4.98 Å². The van der Waals surface area contributed by atoms with Crippen LogP contribution in [0, 0.1) is 0 Å². The minimum atomic E-state index is 0.859. The fourth-order valence-electron chi connectivity index (χ4n) is 3.71. The smallest absolute Gasteiger partial charge is 0.161 e. The normalized spacial score (nSPS) is 12.0. The maximum Gasteiger partial charge on any atom is 0.161 e. The van der Waals surface area contributed by atoms with E-state index in [2.05, 4.69) is 47.4 Å². The van der Waals surface area contributed by atoms with Crippen LogP contribution in [0.5, 0.6) is 0 Å². The molecule has 0 fully saturated rings. The van der Waals surface area contributed by atoms with Gasteiger partial charge in [-0.3, -0.25) is 0 Å². The predicted octanol–water partition coefficient (Wildman–Crippen LogP) is 6.48. The van der Waals surface area contributed by atoms with Gasteiger partial charge < -0.3 is 13.8 Å². The summed E-state index contributed by atoms with van der Waals surface area (Å²) in [6.45, 7) is 0. The van der Waals surface area contributed by atoms with E-state index in [0.717, 1.165) is 49.7 Å². The number of aromatic nitrogens is 1. The molecule has 3 aromatic carbocycles. The second-order valence-electron chi connectivity index (χ2n) is 6.33. The summed E-state index contributed by atoms with van der Waals surface area (Å²) in [4.78, 5) is 3.51. The summed E-state index contributed by atoms with van der Waals surface area (Å²) in [7, 11) is 0. The molecule has 0 spiro atoms. The van der Waals surface area contributed by atoms with Crippen LogP contribution in [0.4, 0.5) is 0 Å². The first-order valence-corrected chi connectivity index (χ1v) is 8.28. The van der Waals surface area contributed by atoms with Crippen molar-refractivity contribution >= 4 is 43.7 Å². The molecule has 0 atom stereocenters. The third-order valence-corrected chi connectivity index (χ3v) is 4.91. The first-order valence-electron chi connectivity index (χ1n) is 8.28. The van der Waals surface area contributed by atoms with E-state index in [9.17, 15) is 0 Å². The summed E-state index contributed by atoms with van der Waals surface area (Å²) in [6, 6.07) is 22.7. The van der Waals surface area contributed by atoms with Crippen molar-refractivity contribution in [1.29, 1.82) is 0 Å². The van der Waals surface area contributed by atoms with Crippen molar-refractivity contribution in [3.05, 3.63) is 73.0 Å². The lowest BCUT2D eigenvalue weighted by Gasteiger charge is -1.99. The molecule has 0 aliphatic heterocycles. The molecule has 25 heavy (non-hydrogen) atoms. The Balaban J connectivity index is 1.74. The van der Waals surface area contributed by atoms with Crippen LogP contribution in [0.3, 0.4) is 0 Å². The molecule has 0 bridgehead atoms. The maximum atomic E-state index is 6.33. The van der Waals surface area contributed by atoms with Gasteiger partial charge in [0.05, 0.1) is 11.8 Å². The molecule has 0 aliphatic carbocycles. The Kier molecular flexibility index (Phi) is 2.35. The van der Waals surface area contributed by atoms with Crippen LogP contribution in [0.2, 0.25) is 0 Å². The van der Waals surface area contributed by atoms with Crippen molar-refractivity contribution in [2.45, 2.75) is 0 Å². The standard InChI is InChI=1S/C22H13NO2/c1-2-5-15-13(4-1)7-9-16-20-22(25-21(15)16)17-12-14(8-10-18(17)23-20)19-6-3-11-24-19/h1-12,23H. The molecule has 0 saturated carbocycles. The van der Waals surface area contributed by atoms with Gasteiger partial charge >= 0.3 is 0 Å². The molecule has 6 aromatic rings. The molecule has 0 aliphatic rings. The first-order chi connectivity index (χ1) is 12.4. The Labute approximate surface area is 142 Å². The number of furan rings is 2. The quantitative estimate of drug-likeness (QED) is 0.376. The van der Waals surface area contributed by atoms with E-state index in [1.54, 1.807) is 6.26 Å². The van der Waals surface area contributed by atoms with E-state index in [0.29, 0.717) is 0 Å². The molecule has 1 N–H and O–H groups in total. The fourth-order valence-corrected chi connectivity index (χ4v) is 3.71. The molecule has 3 heterocycles. The van der Waals surface area contributed by atoms with E-state index in [-0.39, 0.29) is 0 Å². The monoisotopic (exact) mass is 323 g/mol. The number of aromatic amines is 1. The predicted molar refractivity (Wildman–Crippen MR) is 101 cm³/mol. The molecule has 0 radical (unpaired) electrons. The third-order valence-electron chi connectivity index (χ3n) is 4.91. The summed E-state index contributed by atoms with van der Waals surface area (Å²) < 4.78 is 11.9. The van der Waals surface area contributed by atoms with Gasteiger partial charge in [0.2, 0.25) is 0 Å². The van der Waals surface area contributed by atoms with E-state index in [1.165, 1.54) is 5.39 Å². The number of benzene rings is 3. The summed E-state index contributed by atoms with van der Waals surface area (Å²) in [5, 5.41) is 4.51. The van der Waals surface area contributed by atoms with Crippen LogP contribution in [-0.4, -0.2) is 4.98 Å². The molecule has 3 aromatic heterocycles. The van der Waals surface area contributed by atoms with Gasteiger partial charge in [-0.05, 0) is 41.8 Å². The molecule has 3 nitrogen and oxygen atoms in total. The van der Waals surface area contributed by atoms with Gasteiger partial charge in [0.15, 0.2) is 5.58 Å². The van der Waals surface area contributed by atoms with Crippen LogP contribution in [0.15, 0.2) is 81.8 Å². The molecular formula is C22H13NO2. The molecule has 3 heteroatoms. The van der Waals surface area contributed by atoms with Gasteiger partial charge in [-0.2, -0.15) is 0 Å². The summed E-state index contributed by atoms with van der Waals surface area (Å²) in [6.07, 6.45) is 1.69. The minimum Gasteiger partial charge on any atom is -0.464 e. The van der Waals surface area contributed by atoms with Gasteiger partial charge in [0, 0.05) is 27.2 Å². The van der Waals surface area contributed by atoms with E-state index >= 15 is 0 Å². The van der Waals surface area contributed by atoms with Crippen molar-refractivity contribution in [3.8, 4) is 11.3 Å². The Bertz CT molecular complexity index is 1380. The highest BCUT2D eigenvalue weighted by atomic mass is 16.3. The van der Waals surface area contributed by atoms with Crippen LogP contribution >= 0.6 is 0 Å². The fraction of sp³-hybridized carbons (Fsp3) is 0. The van der Waals surface area contributed by atoms with Gasteiger partial charge in [-0.15, -0.1) is 0 Å². The Hall–Kier alpha value is -3.46. The number of rotatable bonds is 1.